The number of hydrogen-bond acceptors (Lipinski definition) is 4. The summed E-state index contributed by atoms with van der Waals surface area (Å²) in [6.45, 7) is 6.31. The van der Waals surface area contributed by atoms with Crippen LogP contribution in [0.4, 0.5) is 0 Å². The molecule has 0 saturated heterocycles. The van der Waals surface area contributed by atoms with Crippen LogP contribution < -0.4 is 5.56 Å². The zero-order chi connectivity index (χ0) is 15.8. The Bertz CT molecular complexity index is 736. The first kappa shape index (κ1) is 16.0. The molecule has 0 bridgehead atoms. The van der Waals surface area contributed by atoms with E-state index in [0.29, 0.717) is 17.5 Å². The number of nitrogens with zero attached hydrogens (tertiary/aromatic N) is 1. The fourth-order valence-corrected chi connectivity index (χ4v) is 4.33. The molecule has 2 aromatic rings. The molecule has 0 aliphatic heterocycles. The van der Waals surface area contributed by atoms with Crippen LogP contribution >= 0.6 is 0 Å². The summed E-state index contributed by atoms with van der Waals surface area (Å²) in [7, 11) is 1.34. The molecule has 21 heavy (non-hydrogen) atoms. The van der Waals surface area contributed by atoms with Crippen molar-refractivity contribution < 1.29 is 14.6 Å². The van der Waals surface area contributed by atoms with Gasteiger partial charge < -0.3 is 0 Å². The second-order valence-electron chi connectivity index (χ2n) is 5.86. The van der Waals surface area contributed by atoms with E-state index in [0.717, 1.165) is 9.82 Å². The first-order valence-corrected chi connectivity index (χ1v) is 8.29. The number of aliphatic hydroxyl groups is 1. The van der Waals surface area contributed by atoms with E-state index in [4.69, 9.17) is 9.84 Å². The van der Waals surface area contributed by atoms with Gasteiger partial charge in [0.05, 0.1) is 0 Å². The Morgan fingerprint density at radius 1 is 1.38 bits per heavy atom. The van der Waals surface area contributed by atoms with Crippen molar-refractivity contribution in [2.75, 3.05) is 13.7 Å². The van der Waals surface area contributed by atoms with Crippen LogP contribution in [0.15, 0.2) is 16.9 Å². The Kier molecular flexibility index (Phi) is 4.42. The second-order valence-corrected chi connectivity index (χ2v) is 8.03. The molecule has 1 aromatic carbocycles. The second kappa shape index (κ2) is 5.79. The predicted molar refractivity (Wildman–Crippen MR) is 82.3 cm³/mol. The molecular weight excluding hydrogens is 337 g/mol. The van der Waals surface area contributed by atoms with E-state index in [9.17, 15) is 9.59 Å². The van der Waals surface area contributed by atoms with Gasteiger partial charge in [-0.1, -0.05) is 0 Å². The van der Waals surface area contributed by atoms with Gasteiger partial charge in [-0.2, -0.15) is 0 Å². The number of aliphatic hydroxyl groups excluding tert-OH is 1. The average molecular weight is 356 g/mol. The van der Waals surface area contributed by atoms with Crippen molar-refractivity contribution in [3.8, 4) is 0 Å². The fraction of sp³-hybridized carbons (Fsp3) is 0.467. The molecule has 1 N–H and O–H groups in total. The van der Waals surface area contributed by atoms with Crippen molar-refractivity contribution >= 4 is 30.3 Å². The molecular formula is C15H19NO4Se. The minimum atomic E-state index is -0.419. The Morgan fingerprint density at radius 2 is 2.05 bits per heavy atom. The third-order valence-corrected chi connectivity index (χ3v) is 5.82. The van der Waals surface area contributed by atoms with Crippen LogP contribution in [0.3, 0.4) is 0 Å². The first-order valence-electron chi connectivity index (χ1n) is 6.67. The summed E-state index contributed by atoms with van der Waals surface area (Å²) >= 11 is -0.297. The summed E-state index contributed by atoms with van der Waals surface area (Å²) in [5.74, 6) is -0.419. The molecule has 1 aromatic heterocycles. The number of hydrogen-bond donors (Lipinski definition) is 1. The van der Waals surface area contributed by atoms with E-state index in [-0.39, 0.29) is 32.3 Å². The van der Waals surface area contributed by atoms with Crippen molar-refractivity contribution in [1.82, 2.24) is 3.56 Å². The number of carbonyl (C=O) groups is 1. The molecule has 5 nitrogen and oxygen atoms in total. The van der Waals surface area contributed by atoms with Gasteiger partial charge in [-0.05, 0) is 0 Å². The number of benzene rings is 1. The SMILES string of the molecule is COC(=O)c1cc(C(C)(C)C)cc2c(=O)n(CCO)[se]c12. The van der Waals surface area contributed by atoms with Crippen molar-refractivity contribution in [3.63, 3.8) is 0 Å². The number of rotatable bonds is 3. The van der Waals surface area contributed by atoms with Gasteiger partial charge >= 0.3 is 129 Å². The monoisotopic (exact) mass is 357 g/mol. The van der Waals surface area contributed by atoms with Crippen LogP contribution in [-0.4, -0.2) is 43.1 Å². The Labute approximate surface area is 129 Å². The van der Waals surface area contributed by atoms with Gasteiger partial charge in [-0.3, -0.25) is 0 Å². The van der Waals surface area contributed by atoms with Gasteiger partial charge in [0.15, 0.2) is 0 Å². The quantitative estimate of drug-likeness (QED) is 0.661. The van der Waals surface area contributed by atoms with Gasteiger partial charge in [-0.15, -0.1) is 0 Å². The number of methoxy groups -OCH3 is 1. The van der Waals surface area contributed by atoms with Crippen molar-refractivity contribution in [2.45, 2.75) is 32.7 Å². The van der Waals surface area contributed by atoms with Crippen molar-refractivity contribution in [2.24, 2.45) is 0 Å². The van der Waals surface area contributed by atoms with Crippen LogP contribution in [0.5, 0.6) is 0 Å². The zero-order valence-electron chi connectivity index (χ0n) is 12.6. The molecule has 6 heteroatoms. The molecule has 0 saturated carbocycles. The molecule has 0 aliphatic rings. The van der Waals surface area contributed by atoms with Crippen LogP contribution in [0.25, 0.3) is 9.65 Å². The summed E-state index contributed by atoms with van der Waals surface area (Å²) < 4.78 is 7.21. The van der Waals surface area contributed by atoms with Gasteiger partial charge in [0.25, 0.3) is 0 Å². The van der Waals surface area contributed by atoms with E-state index in [1.54, 1.807) is 3.56 Å². The van der Waals surface area contributed by atoms with Gasteiger partial charge in [0, 0.05) is 0 Å². The van der Waals surface area contributed by atoms with Gasteiger partial charge in [-0.25, -0.2) is 0 Å². The molecule has 0 unspecified atom stereocenters. The number of fused-ring (bicyclic) bond motifs is 1. The summed E-state index contributed by atoms with van der Waals surface area (Å²) in [6.07, 6.45) is 0. The fourth-order valence-electron chi connectivity index (χ4n) is 2.10. The third kappa shape index (κ3) is 2.98. The molecule has 114 valence electrons. The Balaban J connectivity index is 2.82. The van der Waals surface area contributed by atoms with Crippen LogP contribution in [-0.2, 0) is 16.7 Å². The van der Waals surface area contributed by atoms with E-state index >= 15 is 0 Å². The summed E-state index contributed by atoms with van der Waals surface area (Å²) in [5, 5.41) is 9.62. The molecule has 0 fully saturated rings. The summed E-state index contributed by atoms with van der Waals surface area (Å²) in [5.41, 5.74) is 1.11. The predicted octanol–water partition coefficient (Wildman–Crippen LogP) is 1.13. The van der Waals surface area contributed by atoms with Gasteiger partial charge in [0.1, 0.15) is 0 Å². The number of aromatic nitrogens is 1. The van der Waals surface area contributed by atoms with Crippen LogP contribution in [0.2, 0.25) is 0 Å². The third-order valence-electron chi connectivity index (χ3n) is 3.32. The first-order chi connectivity index (χ1) is 9.79. The molecule has 0 atom stereocenters. The Hall–Kier alpha value is -1.36. The number of esters is 1. The normalized spacial score (nSPS) is 11.9. The van der Waals surface area contributed by atoms with Crippen LogP contribution in [0.1, 0.15) is 36.7 Å². The minimum absolute atomic E-state index is 0.0822. The number of ether oxygens (including phenoxy) is 1. The van der Waals surface area contributed by atoms with Crippen LogP contribution in [0, 0.1) is 0 Å². The maximum absolute atomic E-state index is 12.4. The number of carbonyl (C=O) groups excluding carboxylic acids is 1. The standard InChI is InChI=1S/C15H19NO4Se/c1-15(2,3)9-7-10-12(11(8-9)14(19)20-4)21-16(5-6-17)13(10)18/h7-8,17H,5-6H2,1-4H3. The average Bonchev–Trinajstić information content (AvgIpc) is 2.73. The van der Waals surface area contributed by atoms with E-state index in [1.165, 1.54) is 7.11 Å². The van der Waals surface area contributed by atoms with Crippen molar-refractivity contribution in [1.29, 1.82) is 0 Å². The molecule has 0 aliphatic carbocycles. The molecule has 2 rings (SSSR count). The zero-order valence-corrected chi connectivity index (χ0v) is 14.3. The molecule has 0 radical (unpaired) electrons. The summed E-state index contributed by atoms with van der Waals surface area (Å²) in [6, 6.07) is 3.69. The van der Waals surface area contributed by atoms with Gasteiger partial charge in [0.2, 0.25) is 0 Å². The molecule has 1 heterocycles. The van der Waals surface area contributed by atoms with Crippen molar-refractivity contribution in [3.05, 3.63) is 33.6 Å². The molecule has 0 amide bonds. The topological polar surface area (TPSA) is 68.5 Å². The molecule has 0 spiro atoms. The van der Waals surface area contributed by atoms with E-state index in [1.807, 2.05) is 32.9 Å². The Morgan fingerprint density at radius 3 is 2.57 bits per heavy atom. The summed E-state index contributed by atoms with van der Waals surface area (Å²) in [4.78, 5) is 24.4. The van der Waals surface area contributed by atoms with E-state index in [2.05, 4.69) is 0 Å². The van der Waals surface area contributed by atoms with E-state index < -0.39 is 5.97 Å². The maximum atomic E-state index is 12.4.